The van der Waals surface area contributed by atoms with E-state index in [0.29, 0.717) is 5.75 Å². The number of rotatable bonds is 4. The van der Waals surface area contributed by atoms with Gasteiger partial charge in [0.05, 0.1) is 6.04 Å². The zero-order valence-corrected chi connectivity index (χ0v) is 11.6. The summed E-state index contributed by atoms with van der Waals surface area (Å²) >= 11 is 0. The number of nitrogens with one attached hydrogen (secondary N) is 1. The zero-order chi connectivity index (χ0) is 13.8. The highest BCUT2D eigenvalue weighted by Crippen LogP contribution is 2.27. The minimum absolute atomic E-state index is 0.0615. The molecule has 0 aliphatic rings. The normalized spacial score (nSPS) is 11.9. The van der Waals surface area contributed by atoms with Crippen LogP contribution in [-0.2, 0) is 0 Å². The predicted octanol–water partition coefficient (Wildman–Crippen LogP) is 3.63. The Kier molecular flexibility index (Phi) is 3.95. The number of nitrogens with zero attached hydrogens (tertiary/aromatic N) is 1. The van der Waals surface area contributed by atoms with Gasteiger partial charge in [0.2, 0.25) is 0 Å². The van der Waals surface area contributed by atoms with Gasteiger partial charge in [-0.05, 0) is 37.3 Å². The number of hydrogen-bond acceptors (Lipinski definition) is 3. The van der Waals surface area contributed by atoms with Gasteiger partial charge in [-0.1, -0.05) is 18.2 Å². The standard InChI is InChI=1S/C16H20N2O/c1-12(15-6-4-5-7-16(15)19)17-13-8-10-14(11-9-13)18(2)3/h4-12,17,19H,1-3H3. The van der Waals surface area contributed by atoms with E-state index in [2.05, 4.69) is 22.3 Å². The van der Waals surface area contributed by atoms with Gasteiger partial charge in [0.15, 0.2) is 0 Å². The molecule has 0 spiro atoms. The fourth-order valence-electron chi connectivity index (χ4n) is 2.04. The fourth-order valence-corrected chi connectivity index (χ4v) is 2.04. The molecule has 2 aromatic carbocycles. The summed E-state index contributed by atoms with van der Waals surface area (Å²) < 4.78 is 0. The molecule has 3 nitrogen and oxygen atoms in total. The Morgan fingerprint density at radius 3 is 2.21 bits per heavy atom. The molecule has 0 amide bonds. The third-order valence-corrected chi connectivity index (χ3v) is 3.17. The molecule has 0 bridgehead atoms. The van der Waals surface area contributed by atoms with E-state index >= 15 is 0 Å². The first-order valence-electron chi connectivity index (χ1n) is 6.40. The largest absolute Gasteiger partial charge is 0.508 e. The molecule has 0 radical (unpaired) electrons. The van der Waals surface area contributed by atoms with Gasteiger partial charge in [-0.2, -0.15) is 0 Å². The van der Waals surface area contributed by atoms with Crippen molar-refractivity contribution in [2.24, 2.45) is 0 Å². The van der Waals surface area contributed by atoms with E-state index in [1.165, 1.54) is 5.69 Å². The molecule has 0 fully saturated rings. The van der Waals surface area contributed by atoms with Crippen LogP contribution in [0.2, 0.25) is 0 Å². The van der Waals surface area contributed by atoms with Crippen molar-refractivity contribution in [3.05, 3.63) is 54.1 Å². The summed E-state index contributed by atoms with van der Waals surface area (Å²) in [6.45, 7) is 2.04. The third kappa shape index (κ3) is 3.19. The molecular weight excluding hydrogens is 236 g/mol. The van der Waals surface area contributed by atoms with Gasteiger partial charge in [0.1, 0.15) is 5.75 Å². The first-order chi connectivity index (χ1) is 9.08. The quantitative estimate of drug-likeness (QED) is 0.876. The van der Waals surface area contributed by atoms with E-state index in [0.717, 1.165) is 11.3 Å². The van der Waals surface area contributed by atoms with Gasteiger partial charge in [-0.25, -0.2) is 0 Å². The van der Waals surface area contributed by atoms with E-state index in [1.807, 2.05) is 51.4 Å². The maximum Gasteiger partial charge on any atom is 0.120 e. The third-order valence-electron chi connectivity index (χ3n) is 3.17. The second-order valence-electron chi connectivity index (χ2n) is 4.87. The first kappa shape index (κ1) is 13.3. The second-order valence-corrected chi connectivity index (χ2v) is 4.87. The molecule has 0 aliphatic heterocycles. The van der Waals surface area contributed by atoms with E-state index in [-0.39, 0.29) is 6.04 Å². The molecule has 19 heavy (non-hydrogen) atoms. The molecule has 2 aromatic rings. The van der Waals surface area contributed by atoms with Gasteiger partial charge < -0.3 is 15.3 Å². The van der Waals surface area contributed by atoms with Crippen molar-refractivity contribution in [1.82, 2.24) is 0 Å². The summed E-state index contributed by atoms with van der Waals surface area (Å²) in [7, 11) is 4.04. The Bertz CT molecular complexity index is 535. The van der Waals surface area contributed by atoms with Gasteiger partial charge in [0.25, 0.3) is 0 Å². The average molecular weight is 256 g/mol. The Hall–Kier alpha value is -2.16. The highest BCUT2D eigenvalue weighted by atomic mass is 16.3. The monoisotopic (exact) mass is 256 g/mol. The molecule has 1 atom stereocenters. The first-order valence-corrected chi connectivity index (χ1v) is 6.40. The summed E-state index contributed by atoms with van der Waals surface area (Å²) in [5, 5.41) is 13.2. The SMILES string of the molecule is CC(Nc1ccc(N(C)C)cc1)c1ccccc1O. The van der Waals surface area contributed by atoms with Crippen LogP contribution in [0, 0.1) is 0 Å². The lowest BCUT2D eigenvalue weighted by Crippen LogP contribution is -2.09. The number of phenols is 1. The van der Waals surface area contributed by atoms with Crippen molar-refractivity contribution in [2.75, 3.05) is 24.3 Å². The number of benzene rings is 2. The lowest BCUT2D eigenvalue weighted by Gasteiger charge is -2.18. The zero-order valence-electron chi connectivity index (χ0n) is 11.6. The highest BCUT2D eigenvalue weighted by molar-refractivity contribution is 5.55. The molecule has 0 aliphatic carbocycles. The molecular formula is C16H20N2O. The van der Waals surface area contributed by atoms with Crippen molar-refractivity contribution in [3.8, 4) is 5.75 Å². The number of anilines is 2. The van der Waals surface area contributed by atoms with E-state index in [4.69, 9.17) is 0 Å². The molecule has 1 unspecified atom stereocenters. The van der Waals surface area contributed by atoms with Crippen molar-refractivity contribution < 1.29 is 5.11 Å². The van der Waals surface area contributed by atoms with Crippen LogP contribution in [0.25, 0.3) is 0 Å². The average Bonchev–Trinajstić information content (AvgIpc) is 2.39. The van der Waals surface area contributed by atoms with Crippen LogP contribution in [0.5, 0.6) is 5.75 Å². The molecule has 0 aromatic heterocycles. The molecule has 100 valence electrons. The highest BCUT2D eigenvalue weighted by Gasteiger charge is 2.09. The molecule has 2 N–H and O–H groups in total. The number of aromatic hydroxyl groups is 1. The molecule has 0 saturated carbocycles. The van der Waals surface area contributed by atoms with Crippen LogP contribution >= 0.6 is 0 Å². The number of hydrogen-bond donors (Lipinski definition) is 2. The second kappa shape index (κ2) is 5.65. The maximum atomic E-state index is 9.83. The lowest BCUT2D eigenvalue weighted by atomic mass is 10.1. The van der Waals surface area contributed by atoms with Crippen LogP contribution in [-0.4, -0.2) is 19.2 Å². The minimum atomic E-state index is 0.0615. The topological polar surface area (TPSA) is 35.5 Å². The summed E-state index contributed by atoms with van der Waals surface area (Å²) in [5.74, 6) is 0.326. The smallest absolute Gasteiger partial charge is 0.120 e. The maximum absolute atomic E-state index is 9.83. The van der Waals surface area contributed by atoms with Gasteiger partial charge >= 0.3 is 0 Å². The van der Waals surface area contributed by atoms with Gasteiger partial charge in [-0.15, -0.1) is 0 Å². The number of para-hydroxylation sites is 1. The van der Waals surface area contributed by atoms with Gasteiger partial charge in [0, 0.05) is 31.0 Å². The fraction of sp³-hybridized carbons (Fsp3) is 0.250. The summed E-state index contributed by atoms with van der Waals surface area (Å²) in [4.78, 5) is 2.07. The molecule has 2 rings (SSSR count). The summed E-state index contributed by atoms with van der Waals surface area (Å²) in [5.41, 5.74) is 3.11. The van der Waals surface area contributed by atoms with E-state index < -0.39 is 0 Å². The van der Waals surface area contributed by atoms with Crippen LogP contribution in [0.3, 0.4) is 0 Å². The van der Waals surface area contributed by atoms with Gasteiger partial charge in [-0.3, -0.25) is 0 Å². The van der Waals surface area contributed by atoms with Crippen LogP contribution in [0.15, 0.2) is 48.5 Å². The molecule has 0 saturated heterocycles. The van der Waals surface area contributed by atoms with Crippen molar-refractivity contribution in [1.29, 1.82) is 0 Å². The van der Waals surface area contributed by atoms with Crippen molar-refractivity contribution >= 4 is 11.4 Å². The molecule has 0 heterocycles. The molecule has 3 heteroatoms. The minimum Gasteiger partial charge on any atom is -0.508 e. The number of phenolic OH excluding ortho intramolecular Hbond substituents is 1. The van der Waals surface area contributed by atoms with Crippen LogP contribution < -0.4 is 10.2 Å². The van der Waals surface area contributed by atoms with Crippen LogP contribution in [0.4, 0.5) is 11.4 Å². The predicted molar refractivity (Wildman–Crippen MR) is 80.9 cm³/mol. The van der Waals surface area contributed by atoms with Crippen molar-refractivity contribution in [2.45, 2.75) is 13.0 Å². The Morgan fingerprint density at radius 1 is 1.00 bits per heavy atom. The Labute approximate surface area is 114 Å². The Morgan fingerprint density at radius 2 is 1.63 bits per heavy atom. The summed E-state index contributed by atoms with van der Waals surface area (Å²) in [6, 6.07) is 15.7. The van der Waals surface area contributed by atoms with Crippen LogP contribution in [0.1, 0.15) is 18.5 Å². The lowest BCUT2D eigenvalue weighted by molar-refractivity contribution is 0.465. The summed E-state index contributed by atoms with van der Waals surface area (Å²) in [6.07, 6.45) is 0. The van der Waals surface area contributed by atoms with Crippen molar-refractivity contribution in [3.63, 3.8) is 0 Å². The Balaban J connectivity index is 2.11. The van der Waals surface area contributed by atoms with E-state index in [9.17, 15) is 5.11 Å². The van der Waals surface area contributed by atoms with E-state index in [1.54, 1.807) is 6.07 Å².